The second kappa shape index (κ2) is 6.48. The van der Waals surface area contributed by atoms with Crippen molar-refractivity contribution in [3.63, 3.8) is 0 Å². The van der Waals surface area contributed by atoms with Crippen LogP contribution in [0, 0.1) is 0 Å². The zero-order chi connectivity index (χ0) is 19.2. The van der Waals surface area contributed by atoms with Gasteiger partial charge in [0, 0.05) is 17.5 Å². The van der Waals surface area contributed by atoms with Crippen LogP contribution in [0.5, 0.6) is 11.5 Å². The van der Waals surface area contributed by atoms with E-state index in [0.29, 0.717) is 36.5 Å². The summed E-state index contributed by atoms with van der Waals surface area (Å²) in [5.41, 5.74) is 1.63. The van der Waals surface area contributed by atoms with Gasteiger partial charge >= 0.3 is 12.1 Å². The van der Waals surface area contributed by atoms with Gasteiger partial charge in [-0.1, -0.05) is 12.1 Å². The number of carboxylic acids is 1. The van der Waals surface area contributed by atoms with E-state index >= 15 is 0 Å². The van der Waals surface area contributed by atoms with Crippen LogP contribution < -0.4 is 9.47 Å². The molecule has 0 spiro atoms. The third-order valence-corrected chi connectivity index (χ3v) is 5.06. The SMILES string of the molecule is O=C(O)CC1COc2cc(O[C@@H]3CCc4cc(C(F)(F)F)ccc43)ccc21. The first kappa shape index (κ1) is 17.7. The zero-order valence-corrected chi connectivity index (χ0v) is 14.3. The number of carbonyl (C=O) groups is 1. The number of carboxylic acid groups (broad SMARTS) is 1. The van der Waals surface area contributed by atoms with Gasteiger partial charge in [0.05, 0.1) is 18.6 Å². The third kappa shape index (κ3) is 3.46. The summed E-state index contributed by atoms with van der Waals surface area (Å²) in [6, 6.07) is 9.05. The Hall–Kier alpha value is -2.70. The summed E-state index contributed by atoms with van der Waals surface area (Å²) in [5.74, 6) is 0.101. The Morgan fingerprint density at radius 1 is 1.19 bits per heavy atom. The molecular formula is C20H17F3O4. The van der Waals surface area contributed by atoms with E-state index in [2.05, 4.69) is 0 Å². The first-order chi connectivity index (χ1) is 12.8. The largest absolute Gasteiger partial charge is 0.492 e. The monoisotopic (exact) mass is 378 g/mol. The fourth-order valence-electron chi connectivity index (χ4n) is 3.75. The molecule has 1 unspecified atom stereocenters. The molecule has 0 amide bonds. The highest BCUT2D eigenvalue weighted by Gasteiger charge is 2.33. The number of ether oxygens (including phenoxy) is 2. The van der Waals surface area contributed by atoms with Crippen molar-refractivity contribution < 1.29 is 32.5 Å². The van der Waals surface area contributed by atoms with Crippen LogP contribution in [0.4, 0.5) is 13.2 Å². The van der Waals surface area contributed by atoms with Crippen molar-refractivity contribution in [1.29, 1.82) is 0 Å². The van der Waals surface area contributed by atoms with Crippen molar-refractivity contribution in [1.82, 2.24) is 0 Å². The Morgan fingerprint density at radius 2 is 1.96 bits per heavy atom. The van der Waals surface area contributed by atoms with Crippen LogP contribution in [0.2, 0.25) is 0 Å². The minimum absolute atomic E-state index is 0.00471. The molecule has 1 heterocycles. The molecule has 1 N–H and O–H groups in total. The second-order valence-corrected chi connectivity index (χ2v) is 6.86. The number of aryl methyl sites for hydroxylation is 1. The molecule has 1 aliphatic carbocycles. The highest BCUT2D eigenvalue weighted by Crippen LogP contribution is 2.42. The van der Waals surface area contributed by atoms with Crippen LogP contribution in [0.25, 0.3) is 0 Å². The number of fused-ring (bicyclic) bond motifs is 2. The Bertz CT molecular complexity index is 891. The number of halogens is 3. The van der Waals surface area contributed by atoms with Gasteiger partial charge in [0.1, 0.15) is 17.6 Å². The predicted molar refractivity (Wildman–Crippen MR) is 90.1 cm³/mol. The summed E-state index contributed by atoms with van der Waals surface area (Å²) in [5, 5.41) is 8.96. The molecular weight excluding hydrogens is 361 g/mol. The van der Waals surface area contributed by atoms with Crippen LogP contribution >= 0.6 is 0 Å². The van der Waals surface area contributed by atoms with Crippen LogP contribution in [-0.4, -0.2) is 17.7 Å². The molecule has 0 radical (unpaired) electrons. The van der Waals surface area contributed by atoms with Gasteiger partial charge in [0.25, 0.3) is 0 Å². The number of rotatable bonds is 4. The highest BCUT2D eigenvalue weighted by molar-refractivity contribution is 5.68. The molecule has 1 aliphatic heterocycles. The number of hydrogen-bond acceptors (Lipinski definition) is 3. The van der Waals surface area contributed by atoms with Gasteiger partial charge in [-0.2, -0.15) is 13.2 Å². The van der Waals surface area contributed by atoms with Crippen molar-refractivity contribution in [2.24, 2.45) is 0 Å². The Balaban J connectivity index is 1.51. The van der Waals surface area contributed by atoms with E-state index in [4.69, 9.17) is 14.6 Å². The second-order valence-electron chi connectivity index (χ2n) is 6.86. The van der Waals surface area contributed by atoms with E-state index in [-0.39, 0.29) is 18.4 Å². The topological polar surface area (TPSA) is 55.8 Å². The molecule has 142 valence electrons. The van der Waals surface area contributed by atoms with Crippen molar-refractivity contribution in [3.8, 4) is 11.5 Å². The summed E-state index contributed by atoms with van der Waals surface area (Å²) in [6.45, 7) is 0.317. The fraction of sp³-hybridized carbons (Fsp3) is 0.350. The zero-order valence-electron chi connectivity index (χ0n) is 14.3. The lowest BCUT2D eigenvalue weighted by atomic mass is 9.98. The normalized spacial score (nSPS) is 20.7. The van der Waals surface area contributed by atoms with Crippen LogP contribution in [0.3, 0.4) is 0 Å². The number of hydrogen-bond donors (Lipinski definition) is 1. The molecule has 0 saturated carbocycles. The first-order valence-electron chi connectivity index (χ1n) is 8.66. The highest BCUT2D eigenvalue weighted by atomic mass is 19.4. The maximum Gasteiger partial charge on any atom is 0.416 e. The van der Waals surface area contributed by atoms with Crippen molar-refractivity contribution in [2.75, 3.05) is 6.61 Å². The van der Waals surface area contributed by atoms with Crippen molar-refractivity contribution in [3.05, 3.63) is 58.7 Å². The summed E-state index contributed by atoms with van der Waals surface area (Å²) in [4.78, 5) is 10.9. The molecule has 7 heteroatoms. The van der Waals surface area contributed by atoms with Gasteiger partial charge in [-0.25, -0.2) is 0 Å². The minimum atomic E-state index is -4.35. The van der Waals surface area contributed by atoms with Crippen LogP contribution in [0.15, 0.2) is 36.4 Å². The van der Waals surface area contributed by atoms with Gasteiger partial charge in [-0.3, -0.25) is 4.79 Å². The Morgan fingerprint density at radius 3 is 2.70 bits per heavy atom. The lowest BCUT2D eigenvalue weighted by Gasteiger charge is -2.16. The number of alkyl halides is 3. The van der Waals surface area contributed by atoms with E-state index < -0.39 is 17.7 Å². The molecule has 4 rings (SSSR count). The average molecular weight is 378 g/mol. The maximum atomic E-state index is 12.9. The molecule has 27 heavy (non-hydrogen) atoms. The van der Waals surface area contributed by atoms with E-state index in [1.807, 2.05) is 0 Å². The standard InChI is InChI=1S/C20H17F3O4/c21-20(22,23)13-2-4-15-11(7-13)1-6-17(15)27-14-3-5-16-12(8-19(24)25)10-26-18(16)9-14/h2-5,7,9,12,17H,1,6,8,10H2,(H,24,25)/t12?,17-/m1/s1. The molecule has 2 atom stereocenters. The molecule has 0 bridgehead atoms. The molecule has 0 aromatic heterocycles. The maximum absolute atomic E-state index is 12.9. The van der Waals surface area contributed by atoms with E-state index in [1.54, 1.807) is 18.2 Å². The molecule has 4 nitrogen and oxygen atoms in total. The quantitative estimate of drug-likeness (QED) is 0.836. The minimum Gasteiger partial charge on any atom is -0.492 e. The van der Waals surface area contributed by atoms with Gasteiger partial charge in [0.15, 0.2) is 0 Å². The summed E-state index contributed by atoms with van der Waals surface area (Å²) >= 11 is 0. The van der Waals surface area contributed by atoms with Gasteiger partial charge < -0.3 is 14.6 Å². The van der Waals surface area contributed by atoms with Crippen molar-refractivity contribution in [2.45, 2.75) is 37.5 Å². The molecule has 0 fully saturated rings. The Labute approximate surface area is 153 Å². The number of benzene rings is 2. The number of aliphatic carboxylic acids is 1. The molecule has 2 aromatic carbocycles. The average Bonchev–Trinajstić information content (AvgIpc) is 3.18. The lowest BCUT2D eigenvalue weighted by Crippen LogP contribution is -2.07. The van der Waals surface area contributed by atoms with Gasteiger partial charge in [-0.15, -0.1) is 0 Å². The summed E-state index contributed by atoms with van der Waals surface area (Å²) in [7, 11) is 0. The van der Waals surface area contributed by atoms with Gasteiger partial charge in [0.2, 0.25) is 0 Å². The third-order valence-electron chi connectivity index (χ3n) is 5.06. The first-order valence-corrected chi connectivity index (χ1v) is 8.66. The van der Waals surface area contributed by atoms with Crippen LogP contribution in [-0.2, 0) is 17.4 Å². The van der Waals surface area contributed by atoms with E-state index in [9.17, 15) is 18.0 Å². The van der Waals surface area contributed by atoms with Crippen LogP contribution in [0.1, 0.15) is 47.1 Å². The fourth-order valence-corrected chi connectivity index (χ4v) is 3.75. The predicted octanol–water partition coefficient (Wildman–Crippen LogP) is 4.72. The summed E-state index contributed by atoms with van der Waals surface area (Å²) < 4.78 is 50.1. The molecule has 0 saturated heterocycles. The molecule has 2 aliphatic rings. The lowest BCUT2D eigenvalue weighted by molar-refractivity contribution is -0.138. The van der Waals surface area contributed by atoms with Crippen molar-refractivity contribution >= 4 is 5.97 Å². The Kier molecular flexibility index (Phi) is 4.25. The van der Waals surface area contributed by atoms with E-state index in [1.165, 1.54) is 12.1 Å². The summed E-state index contributed by atoms with van der Waals surface area (Å²) in [6.07, 6.45) is -3.51. The smallest absolute Gasteiger partial charge is 0.416 e. The van der Waals surface area contributed by atoms with Gasteiger partial charge in [-0.05, 0) is 42.2 Å². The molecule has 2 aromatic rings. The van der Waals surface area contributed by atoms with E-state index in [0.717, 1.165) is 17.2 Å².